The molecule has 1 aliphatic heterocycles. The summed E-state index contributed by atoms with van der Waals surface area (Å²) in [5.41, 5.74) is -1.44. The number of carbonyl (C=O) groups is 1. The van der Waals surface area contributed by atoms with Crippen molar-refractivity contribution >= 4 is 16.0 Å². The van der Waals surface area contributed by atoms with Crippen LogP contribution in [0.2, 0.25) is 0 Å². The Morgan fingerprint density at radius 3 is 2.47 bits per heavy atom. The summed E-state index contributed by atoms with van der Waals surface area (Å²) in [4.78, 5) is 11.2. The van der Waals surface area contributed by atoms with Crippen LogP contribution in [0, 0.1) is 5.82 Å². The number of sulfonamides is 1. The molecular formula is C12H14FNO4S. The van der Waals surface area contributed by atoms with Crippen molar-refractivity contribution in [3.63, 3.8) is 0 Å². The molecule has 0 radical (unpaired) electrons. The van der Waals surface area contributed by atoms with Crippen LogP contribution in [0.25, 0.3) is 0 Å². The lowest BCUT2D eigenvalue weighted by Crippen LogP contribution is -2.50. The first kappa shape index (κ1) is 14.0. The maximum absolute atomic E-state index is 12.8. The molecular weight excluding hydrogens is 273 g/mol. The quantitative estimate of drug-likeness (QED) is 0.913. The first-order chi connectivity index (χ1) is 8.78. The summed E-state index contributed by atoms with van der Waals surface area (Å²) in [5.74, 6) is -1.71. The lowest BCUT2D eigenvalue weighted by atomic mass is 10.0. The van der Waals surface area contributed by atoms with Crippen molar-refractivity contribution < 1.29 is 22.7 Å². The molecule has 1 aliphatic rings. The van der Waals surface area contributed by atoms with Gasteiger partial charge in [-0.1, -0.05) is 0 Å². The highest BCUT2D eigenvalue weighted by Crippen LogP contribution is 2.34. The Morgan fingerprint density at radius 2 is 1.95 bits per heavy atom. The van der Waals surface area contributed by atoms with Gasteiger partial charge in [-0.3, -0.25) is 4.79 Å². The fourth-order valence-electron chi connectivity index (χ4n) is 2.27. The molecule has 1 N–H and O–H groups in total. The van der Waals surface area contributed by atoms with Gasteiger partial charge in [-0.05, 0) is 44.0 Å². The minimum atomic E-state index is -3.92. The van der Waals surface area contributed by atoms with E-state index in [0.717, 1.165) is 28.6 Å². The summed E-state index contributed by atoms with van der Waals surface area (Å²) < 4.78 is 38.6. The van der Waals surface area contributed by atoms with Gasteiger partial charge in [0.1, 0.15) is 11.4 Å². The number of carboxylic acid groups (broad SMARTS) is 1. The molecule has 5 nitrogen and oxygen atoms in total. The Morgan fingerprint density at radius 1 is 1.37 bits per heavy atom. The van der Waals surface area contributed by atoms with E-state index in [4.69, 9.17) is 0 Å². The zero-order valence-electron chi connectivity index (χ0n) is 10.3. The van der Waals surface area contributed by atoms with Crippen molar-refractivity contribution in [1.82, 2.24) is 4.31 Å². The van der Waals surface area contributed by atoms with E-state index < -0.39 is 27.3 Å². The van der Waals surface area contributed by atoms with Gasteiger partial charge in [0.25, 0.3) is 0 Å². The van der Waals surface area contributed by atoms with Crippen LogP contribution in [-0.2, 0) is 14.8 Å². The van der Waals surface area contributed by atoms with Gasteiger partial charge in [0, 0.05) is 6.54 Å². The van der Waals surface area contributed by atoms with Crippen molar-refractivity contribution in [2.75, 3.05) is 6.54 Å². The first-order valence-electron chi connectivity index (χ1n) is 5.80. The number of halogens is 1. The van der Waals surface area contributed by atoms with Crippen LogP contribution in [0.15, 0.2) is 29.2 Å². The number of carboxylic acids is 1. The van der Waals surface area contributed by atoms with E-state index in [9.17, 15) is 22.7 Å². The Hall–Kier alpha value is -1.47. The minimum absolute atomic E-state index is 0.0942. The number of nitrogens with zero attached hydrogens (tertiary/aromatic N) is 1. The van der Waals surface area contributed by atoms with Crippen LogP contribution in [0.3, 0.4) is 0 Å². The zero-order chi connectivity index (χ0) is 14.3. The topological polar surface area (TPSA) is 74.7 Å². The molecule has 1 atom stereocenters. The Kier molecular flexibility index (Phi) is 3.36. The summed E-state index contributed by atoms with van der Waals surface area (Å²) in [5, 5.41) is 9.23. The highest BCUT2D eigenvalue weighted by atomic mass is 32.2. The third kappa shape index (κ3) is 2.23. The molecule has 1 saturated heterocycles. The summed E-state index contributed by atoms with van der Waals surface area (Å²) in [6.07, 6.45) is 0.756. The van der Waals surface area contributed by atoms with E-state index in [1.54, 1.807) is 0 Å². The van der Waals surface area contributed by atoms with Gasteiger partial charge in [0.2, 0.25) is 10.0 Å². The Labute approximate surface area is 110 Å². The van der Waals surface area contributed by atoms with E-state index in [2.05, 4.69) is 0 Å². The molecule has 0 bridgehead atoms. The number of rotatable bonds is 3. The molecule has 2 rings (SSSR count). The highest BCUT2D eigenvalue weighted by Gasteiger charge is 2.49. The largest absolute Gasteiger partial charge is 0.480 e. The third-order valence-electron chi connectivity index (χ3n) is 3.44. The van der Waals surface area contributed by atoms with Gasteiger partial charge >= 0.3 is 5.97 Å². The highest BCUT2D eigenvalue weighted by molar-refractivity contribution is 7.89. The normalized spacial score (nSPS) is 24.5. The van der Waals surface area contributed by atoms with Crippen molar-refractivity contribution in [3.8, 4) is 0 Å². The smallest absolute Gasteiger partial charge is 0.324 e. The molecule has 104 valence electrons. The lowest BCUT2D eigenvalue weighted by molar-refractivity contribution is -0.146. The van der Waals surface area contributed by atoms with Gasteiger partial charge in [-0.15, -0.1) is 0 Å². The molecule has 1 aromatic rings. The summed E-state index contributed by atoms with van der Waals surface area (Å²) >= 11 is 0. The molecule has 1 heterocycles. The summed E-state index contributed by atoms with van der Waals surface area (Å²) in [6.45, 7) is 1.55. The van der Waals surface area contributed by atoms with E-state index >= 15 is 0 Å². The maximum Gasteiger partial charge on any atom is 0.324 e. The van der Waals surface area contributed by atoms with Crippen molar-refractivity contribution in [2.45, 2.75) is 30.2 Å². The second kappa shape index (κ2) is 4.57. The van der Waals surface area contributed by atoms with Crippen molar-refractivity contribution in [1.29, 1.82) is 0 Å². The maximum atomic E-state index is 12.8. The molecule has 1 unspecified atom stereocenters. The number of aliphatic carboxylic acids is 1. The summed E-state index contributed by atoms with van der Waals surface area (Å²) in [6, 6.07) is 4.37. The van der Waals surface area contributed by atoms with Crippen LogP contribution in [-0.4, -0.2) is 35.9 Å². The van der Waals surface area contributed by atoms with Crippen molar-refractivity contribution in [2.24, 2.45) is 0 Å². The molecule has 19 heavy (non-hydrogen) atoms. The van der Waals surface area contributed by atoms with Crippen LogP contribution in [0.1, 0.15) is 19.8 Å². The predicted octanol–water partition coefficient (Wildman–Crippen LogP) is 1.45. The standard InChI is InChI=1S/C12H14FNO4S/c1-12(11(15)16)7-2-8-14(12)19(17,18)10-5-3-9(13)4-6-10/h3-6H,2,7-8H2,1H3,(H,15,16). The average molecular weight is 287 g/mol. The minimum Gasteiger partial charge on any atom is -0.480 e. The molecule has 0 saturated carbocycles. The molecule has 0 amide bonds. The second-order valence-electron chi connectivity index (χ2n) is 4.71. The van der Waals surface area contributed by atoms with E-state index in [-0.39, 0.29) is 17.9 Å². The lowest BCUT2D eigenvalue weighted by Gasteiger charge is -2.30. The fraction of sp³-hybridized carbons (Fsp3) is 0.417. The van der Waals surface area contributed by atoms with Gasteiger partial charge in [0.15, 0.2) is 0 Å². The third-order valence-corrected chi connectivity index (χ3v) is 5.47. The number of hydrogen-bond acceptors (Lipinski definition) is 3. The van der Waals surface area contributed by atoms with Gasteiger partial charge in [-0.2, -0.15) is 4.31 Å². The molecule has 0 aliphatic carbocycles. The molecule has 7 heteroatoms. The number of benzene rings is 1. The van der Waals surface area contributed by atoms with E-state index in [0.29, 0.717) is 6.42 Å². The average Bonchev–Trinajstić information content (AvgIpc) is 2.74. The fourth-order valence-corrected chi connectivity index (χ4v) is 4.08. The molecule has 0 spiro atoms. The van der Waals surface area contributed by atoms with Crippen LogP contribution < -0.4 is 0 Å². The molecule has 1 fully saturated rings. The zero-order valence-corrected chi connectivity index (χ0v) is 11.2. The van der Waals surface area contributed by atoms with Crippen LogP contribution in [0.5, 0.6) is 0 Å². The molecule has 1 aromatic carbocycles. The van der Waals surface area contributed by atoms with E-state index in [1.807, 2.05) is 0 Å². The SMILES string of the molecule is CC1(C(=O)O)CCCN1S(=O)(=O)c1ccc(F)cc1. The number of hydrogen-bond donors (Lipinski definition) is 1. The van der Waals surface area contributed by atoms with Gasteiger partial charge < -0.3 is 5.11 Å². The van der Waals surface area contributed by atoms with Gasteiger partial charge in [0.05, 0.1) is 4.90 Å². The monoisotopic (exact) mass is 287 g/mol. The Balaban J connectivity index is 2.45. The summed E-state index contributed by atoms with van der Waals surface area (Å²) in [7, 11) is -3.92. The molecule has 0 aromatic heterocycles. The van der Waals surface area contributed by atoms with Crippen LogP contribution >= 0.6 is 0 Å². The van der Waals surface area contributed by atoms with E-state index in [1.165, 1.54) is 6.92 Å². The Bertz CT molecular complexity index is 599. The van der Waals surface area contributed by atoms with Crippen molar-refractivity contribution in [3.05, 3.63) is 30.1 Å². The second-order valence-corrected chi connectivity index (χ2v) is 6.58. The van der Waals surface area contributed by atoms with Gasteiger partial charge in [-0.25, -0.2) is 12.8 Å². The predicted molar refractivity (Wildman–Crippen MR) is 65.6 cm³/mol. The first-order valence-corrected chi connectivity index (χ1v) is 7.24. The van der Waals surface area contributed by atoms with Crippen LogP contribution in [0.4, 0.5) is 4.39 Å².